The van der Waals surface area contributed by atoms with E-state index >= 15 is 0 Å². The second kappa shape index (κ2) is 11.7. The second-order valence-electron chi connectivity index (χ2n) is 6.01. The number of imidazole rings is 1. The predicted octanol–water partition coefficient (Wildman–Crippen LogP) is -4.22. The monoisotopic (exact) mass is 554 g/mol. The summed E-state index contributed by atoms with van der Waals surface area (Å²) in [4.78, 5) is 56.7. The number of nitrogens with two attached hydrogens (primary N) is 2. The van der Waals surface area contributed by atoms with Crippen molar-refractivity contribution in [2.24, 2.45) is 5.90 Å². The van der Waals surface area contributed by atoms with Gasteiger partial charge >= 0.3 is 23.0 Å². The van der Waals surface area contributed by atoms with Crippen molar-refractivity contribution in [3.05, 3.63) is 12.7 Å². The Labute approximate surface area is 195 Å². The summed E-state index contributed by atoms with van der Waals surface area (Å²) >= 11 is 0. The molecule has 0 bridgehead atoms. The molecular formula is C12H17MnN6O12P2. The van der Waals surface area contributed by atoms with Crippen LogP contribution in [0.1, 0.15) is 13.2 Å². The number of rotatable bonds is 6. The van der Waals surface area contributed by atoms with Crippen molar-refractivity contribution in [2.45, 2.75) is 31.5 Å². The van der Waals surface area contributed by atoms with Crippen LogP contribution in [0.2, 0.25) is 0 Å². The minimum Gasteiger partial charge on any atom is -0.790 e. The molecule has 0 aromatic carbocycles. The van der Waals surface area contributed by atoms with Crippen LogP contribution in [0.4, 0.5) is 5.82 Å². The van der Waals surface area contributed by atoms with E-state index in [0.717, 1.165) is 6.33 Å². The van der Waals surface area contributed by atoms with Gasteiger partial charge in [0.1, 0.15) is 30.2 Å². The van der Waals surface area contributed by atoms with Crippen molar-refractivity contribution in [2.75, 3.05) is 12.3 Å². The largest absolute Gasteiger partial charge is 3.00 e. The zero-order chi connectivity index (χ0) is 24.3. The molecule has 18 nitrogen and oxygen atoms in total. The molecule has 0 spiro atoms. The number of aliphatic hydroxyl groups excluding tert-OH is 2. The first-order valence-electron chi connectivity index (χ1n) is 8.26. The van der Waals surface area contributed by atoms with Crippen LogP contribution in [0.3, 0.4) is 0 Å². The van der Waals surface area contributed by atoms with Gasteiger partial charge in [0.15, 0.2) is 17.7 Å². The van der Waals surface area contributed by atoms with Crippen molar-refractivity contribution in [3.63, 3.8) is 0 Å². The molecule has 5 atom stereocenters. The Morgan fingerprint density at radius 1 is 1.24 bits per heavy atom. The molecule has 3 heterocycles. The standard InChI is InChI=1S/C10H15N5O10P2.C2H5NO2.Mn/c11-8-5-9(13-2-12-8)15(3-14-5)10-7(17)6(16)4(24-10)1-23-27(21,22)25-26(18,19)20;1-2(4)5-3;/h2-4,6-7,10,16-17H,1H2,(H,21,22)(H2,11,12,13)(H2,18,19,20);3H2,1H3;/q;;+3/p-3/t4-,6-,7-,10-;;/m1../s1. The minimum atomic E-state index is -5.85. The number of nitrogen functional groups attached to an aromatic ring is 1. The van der Waals surface area contributed by atoms with E-state index in [1.54, 1.807) is 0 Å². The van der Waals surface area contributed by atoms with Gasteiger partial charge in [0, 0.05) is 6.92 Å². The average molecular weight is 554 g/mol. The van der Waals surface area contributed by atoms with Gasteiger partial charge in [-0.1, -0.05) is 0 Å². The smallest absolute Gasteiger partial charge is 0.790 e. The molecule has 21 heteroatoms. The summed E-state index contributed by atoms with van der Waals surface area (Å²) in [6, 6.07) is 0. The van der Waals surface area contributed by atoms with E-state index in [9.17, 15) is 38.8 Å². The van der Waals surface area contributed by atoms with Crippen LogP contribution in [0.5, 0.6) is 0 Å². The third-order valence-corrected chi connectivity index (χ3v) is 5.83. The summed E-state index contributed by atoms with van der Waals surface area (Å²) in [5.74, 6) is 3.92. The van der Waals surface area contributed by atoms with Crippen molar-refractivity contribution in [1.82, 2.24) is 19.5 Å². The number of hydrogen-bond acceptors (Lipinski definition) is 17. The summed E-state index contributed by atoms with van der Waals surface area (Å²) in [6.07, 6.45) is -3.48. The molecule has 1 aliphatic rings. The van der Waals surface area contributed by atoms with Crippen LogP contribution in [0, 0.1) is 0 Å². The molecular weight excluding hydrogens is 537 g/mol. The molecule has 0 radical (unpaired) electrons. The quantitative estimate of drug-likeness (QED) is 0.149. The number of phosphoric acid groups is 2. The third-order valence-electron chi connectivity index (χ3n) is 3.76. The Kier molecular flexibility index (Phi) is 10.5. The molecule has 0 saturated carbocycles. The number of hydrogen-bond donors (Lipinski definition) is 4. The maximum atomic E-state index is 11.3. The number of carbonyl (C=O) groups excluding carboxylic acids is 1. The Bertz CT molecular complexity index is 1050. The molecule has 1 fully saturated rings. The number of fused-ring (bicyclic) bond motifs is 1. The molecule has 6 N–H and O–H groups in total. The number of carbonyl (C=O) groups is 1. The summed E-state index contributed by atoms with van der Waals surface area (Å²) in [5, 5.41) is 20.2. The maximum absolute atomic E-state index is 11.3. The van der Waals surface area contributed by atoms with Gasteiger partial charge in [0.05, 0.1) is 20.8 Å². The fourth-order valence-corrected chi connectivity index (χ4v) is 3.96. The molecule has 1 saturated heterocycles. The second-order valence-corrected chi connectivity index (χ2v) is 8.71. The number of phosphoric ester groups is 1. The summed E-state index contributed by atoms with van der Waals surface area (Å²) in [7, 11) is -11.4. The van der Waals surface area contributed by atoms with E-state index in [2.05, 4.69) is 34.5 Å². The number of ether oxygens (including phenoxy) is 1. The van der Waals surface area contributed by atoms with Crippen LogP contribution in [0.15, 0.2) is 12.7 Å². The SMILES string of the molecule is CC(=O)ON.Nc1ncnc2c1ncn2[C@@H]1O[C@H](COP(=O)([O-])OP(=O)([O-])[O-])[C@@H](O)[C@H]1O.[Mn+3]. The number of aromatic nitrogens is 4. The Morgan fingerprint density at radius 2 is 1.85 bits per heavy atom. The summed E-state index contributed by atoms with van der Waals surface area (Å²) in [6.45, 7) is 0.305. The fourth-order valence-electron chi connectivity index (χ4n) is 2.46. The van der Waals surface area contributed by atoms with Gasteiger partial charge in [-0.05, 0) is 0 Å². The molecule has 1 unspecified atom stereocenters. The van der Waals surface area contributed by atoms with Gasteiger partial charge in [-0.15, -0.1) is 0 Å². The van der Waals surface area contributed by atoms with Crippen LogP contribution in [0.25, 0.3) is 11.2 Å². The molecule has 0 aliphatic carbocycles. The Morgan fingerprint density at radius 3 is 2.39 bits per heavy atom. The molecule has 3 rings (SSSR count). The topological polar surface area (TPSA) is 293 Å². The first-order valence-corrected chi connectivity index (χ1v) is 11.2. The molecule has 1 aliphatic heterocycles. The van der Waals surface area contributed by atoms with Crippen molar-refractivity contribution >= 4 is 38.6 Å². The van der Waals surface area contributed by atoms with E-state index in [-0.39, 0.29) is 34.1 Å². The van der Waals surface area contributed by atoms with Crippen LogP contribution in [-0.2, 0) is 49.4 Å². The van der Waals surface area contributed by atoms with Gasteiger partial charge < -0.3 is 49.3 Å². The predicted molar refractivity (Wildman–Crippen MR) is 93.9 cm³/mol. The van der Waals surface area contributed by atoms with E-state index in [4.69, 9.17) is 10.5 Å². The van der Waals surface area contributed by atoms with Crippen molar-refractivity contribution in [3.8, 4) is 0 Å². The Hall–Kier alpha value is -1.56. The first-order chi connectivity index (χ1) is 14.8. The summed E-state index contributed by atoms with van der Waals surface area (Å²) < 4.78 is 35.7. The minimum absolute atomic E-state index is 0. The molecule has 2 aromatic rings. The van der Waals surface area contributed by atoms with Crippen molar-refractivity contribution < 1.29 is 74.3 Å². The van der Waals surface area contributed by atoms with Crippen molar-refractivity contribution in [1.29, 1.82) is 0 Å². The molecule has 33 heavy (non-hydrogen) atoms. The van der Waals surface area contributed by atoms with Gasteiger partial charge in [-0.2, -0.15) is 5.90 Å². The third kappa shape index (κ3) is 8.01. The van der Waals surface area contributed by atoms with Gasteiger partial charge in [-0.3, -0.25) is 18.2 Å². The molecule has 184 valence electrons. The number of aliphatic hydroxyl groups is 2. The molecule has 2 aromatic heterocycles. The van der Waals surface area contributed by atoms with E-state index in [0.29, 0.717) is 0 Å². The average Bonchev–Trinajstić information content (AvgIpc) is 3.22. The van der Waals surface area contributed by atoms with Crippen LogP contribution >= 0.6 is 15.6 Å². The van der Waals surface area contributed by atoms with E-state index < -0.39 is 52.8 Å². The van der Waals surface area contributed by atoms with Gasteiger partial charge in [0.25, 0.3) is 7.82 Å². The normalized spacial score (nSPS) is 24.3. The number of anilines is 1. The first kappa shape index (κ1) is 29.5. The van der Waals surface area contributed by atoms with Crippen LogP contribution < -0.4 is 26.3 Å². The van der Waals surface area contributed by atoms with Gasteiger partial charge in [-0.25, -0.2) is 15.0 Å². The number of nitrogens with zero attached hydrogens (tertiary/aromatic N) is 4. The van der Waals surface area contributed by atoms with E-state index in [1.807, 2.05) is 0 Å². The maximum Gasteiger partial charge on any atom is 3.00 e. The molecule has 0 amide bonds. The zero-order valence-electron chi connectivity index (χ0n) is 16.4. The zero-order valence-corrected chi connectivity index (χ0v) is 19.3. The Balaban J connectivity index is 0.000000821. The summed E-state index contributed by atoms with van der Waals surface area (Å²) in [5.41, 5.74) is 6.04. The van der Waals surface area contributed by atoms with E-state index in [1.165, 1.54) is 17.8 Å². The van der Waals surface area contributed by atoms with Crippen LogP contribution in [-0.4, -0.2) is 60.6 Å². The fraction of sp³-hybridized carbons (Fsp3) is 0.500. The van der Waals surface area contributed by atoms with Gasteiger partial charge in [0.2, 0.25) is 0 Å².